The number of likely N-dealkylation sites (tertiary alicyclic amines) is 1. The van der Waals surface area contributed by atoms with Crippen molar-refractivity contribution in [3.05, 3.63) is 82.9 Å². The number of hydrogen-bond donors (Lipinski definition) is 4. The first-order chi connectivity index (χ1) is 22.1. The van der Waals surface area contributed by atoms with Crippen molar-refractivity contribution >= 4 is 66.1 Å². The molecule has 17 heteroatoms. The number of carbonyl (C=O) groups excluding carboxylic acids is 2. The lowest BCUT2D eigenvalue weighted by Crippen LogP contribution is -2.46. The number of aliphatic carboxylic acids is 1. The molecular formula is C30H31ClN4O9S3. The molecule has 0 radical (unpaired) electrons. The first-order valence-corrected chi connectivity index (χ1v) is 18.7. The van der Waals surface area contributed by atoms with Gasteiger partial charge in [0.2, 0.25) is 31.1 Å². The first kappa shape index (κ1) is 34.7. The summed E-state index contributed by atoms with van der Waals surface area (Å²) in [5.41, 5.74) is 1.36. The molecule has 13 nitrogen and oxygen atoms in total. The number of amides is 1. The average Bonchev–Trinajstić information content (AvgIpc) is 3.43. The summed E-state index contributed by atoms with van der Waals surface area (Å²) in [4.78, 5) is 38.2. The highest BCUT2D eigenvalue weighted by atomic mass is 35.5. The molecule has 250 valence electrons. The standard InChI is InChI=1S/C30H31ClN4O9S3/c1-17(16-45-30(39)19-5-3-2-4-6-19)28(36)35-15-21(12-24(35)29(37)38)44-20-9-7-18(8-10-20)11-27-33-23-13-22(31)25(46(32,40)41)14-26(23)47(42,43)34-27/h2-10,13-14,17,21,24,27,33-34H,11-12,15-16H2,1H3,(H,37,38)(H2,32,40,41)/t17-,21+,24+,27?/m1/s1. The summed E-state index contributed by atoms with van der Waals surface area (Å²) in [5, 5.41) is 17.6. The van der Waals surface area contributed by atoms with E-state index >= 15 is 0 Å². The predicted molar refractivity (Wildman–Crippen MR) is 175 cm³/mol. The summed E-state index contributed by atoms with van der Waals surface area (Å²) < 4.78 is 57.9. The Kier molecular flexibility index (Phi) is 10.2. The lowest BCUT2D eigenvalue weighted by atomic mass is 10.1. The van der Waals surface area contributed by atoms with Crippen molar-refractivity contribution in [1.29, 1.82) is 0 Å². The Balaban J connectivity index is 1.19. The zero-order valence-electron chi connectivity index (χ0n) is 24.8. The van der Waals surface area contributed by atoms with E-state index in [0.29, 0.717) is 11.3 Å². The fourth-order valence-corrected chi connectivity index (χ4v) is 8.70. The third-order valence-electron chi connectivity index (χ3n) is 7.65. The molecule has 2 heterocycles. The molecular weight excluding hydrogens is 692 g/mol. The normalized spacial score (nSPS) is 20.9. The third-order valence-corrected chi connectivity index (χ3v) is 11.7. The van der Waals surface area contributed by atoms with E-state index in [0.717, 1.165) is 23.4 Å². The van der Waals surface area contributed by atoms with Crippen LogP contribution in [0.3, 0.4) is 0 Å². The van der Waals surface area contributed by atoms with E-state index in [9.17, 15) is 36.3 Å². The van der Waals surface area contributed by atoms with Gasteiger partial charge in [0.25, 0.3) is 0 Å². The lowest BCUT2D eigenvalue weighted by Gasteiger charge is -2.28. The van der Waals surface area contributed by atoms with Crippen LogP contribution in [-0.4, -0.2) is 74.4 Å². The van der Waals surface area contributed by atoms with Gasteiger partial charge in [-0.15, -0.1) is 0 Å². The summed E-state index contributed by atoms with van der Waals surface area (Å²) in [6, 6.07) is 16.5. The van der Waals surface area contributed by atoms with Gasteiger partial charge in [-0.1, -0.05) is 72.8 Å². The molecule has 3 aromatic rings. The van der Waals surface area contributed by atoms with Crippen LogP contribution < -0.4 is 19.9 Å². The number of halogens is 1. The van der Waals surface area contributed by atoms with Crippen molar-refractivity contribution in [1.82, 2.24) is 9.62 Å². The number of anilines is 1. The smallest absolute Gasteiger partial charge is 0.326 e. The molecule has 4 atom stereocenters. The maximum absolute atomic E-state index is 13.2. The van der Waals surface area contributed by atoms with Gasteiger partial charge < -0.3 is 20.1 Å². The summed E-state index contributed by atoms with van der Waals surface area (Å²) >= 11 is 7.06. The van der Waals surface area contributed by atoms with Crippen molar-refractivity contribution in [3.8, 4) is 5.75 Å². The largest absolute Gasteiger partial charge is 0.488 e. The van der Waals surface area contributed by atoms with Gasteiger partial charge >= 0.3 is 5.97 Å². The fraction of sp³-hybridized carbons (Fsp3) is 0.300. The Labute approximate surface area is 280 Å². The number of primary sulfonamides is 1. The van der Waals surface area contributed by atoms with Gasteiger partial charge in [0.05, 0.1) is 23.4 Å². The highest BCUT2D eigenvalue weighted by Gasteiger charge is 2.42. The number of carbonyl (C=O) groups is 3. The van der Waals surface area contributed by atoms with Gasteiger partial charge in [-0.2, -0.15) is 4.72 Å². The van der Waals surface area contributed by atoms with Crippen molar-refractivity contribution in [3.63, 3.8) is 0 Å². The van der Waals surface area contributed by atoms with Gasteiger partial charge in [0, 0.05) is 30.1 Å². The van der Waals surface area contributed by atoms with E-state index < -0.39 is 55.1 Å². The van der Waals surface area contributed by atoms with Gasteiger partial charge in [0.15, 0.2) is 0 Å². The number of thioether (sulfide) groups is 1. The van der Waals surface area contributed by atoms with Crippen LogP contribution in [0.25, 0.3) is 0 Å². The van der Waals surface area contributed by atoms with Gasteiger partial charge in [-0.05, 0) is 29.8 Å². The Morgan fingerprint density at radius 1 is 1.13 bits per heavy atom. The van der Waals surface area contributed by atoms with Gasteiger partial charge in [0.1, 0.15) is 27.7 Å². The lowest BCUT2D eigenvalue weighted by molar-refractivity contribution is -0.149. The minimum atomic E-state index is -4.25. The van der Waals surface area contributed by atoms with E-state index in [-0.39, 0.29) is 51.8 Å². The molecule has 0 saturated carbocycles. The molecule has 47 heavy (non-hydrogen) atoms. The monoisotopic (exact) mass is 722 g/mol. The number of rotatable bonds is 10. The molecule has 5 N–H and O–H groups in total. The van der Waals surface area contributed by atoms with Crippen molar-refractivity contribution in [2.24, 2.45) is 11.1 Å². The third kappa shape index (κ3) is 8.08. The highest BCUT2D eigenvalue weighted by Crippen LogP contribution is 2.34. The number of benzene rings is 3. The molecule has 0 aliphatic carbocycles. The van der Waals surface area contributed by atoms with Crippen molar-refractivity contribution in [2.75, 3.05) is 17.6 Å². The predicted octanol–water partition coefficient (Wildman–Crippen LogP) is 2.90. The first-order valence-electron chi connectivity index (χ1n) is 14.3. The number of nitrogens with zero attached hydrogens (tertiary/aromatic N) is 1. The molecule has 1 amide bonds. The SMILES string of the molecule is C[C@H](CSC(=O)c1ccccc1)C(=O)N1C[C@@H](Oc2ccc(CC3Nc4cc(Cl)c(S(N)(=O)=O)cc4S(=O)(=O)N3)cc2)C[C@H]1C(=O)O. The molecule has 0 bridgehead atoms. The van der Waals surface area contributed by atoms with E-state index in [4.69, 9.17) is 21.5 Å². The highest BCUT2D eigenvalue weighted by molar-refractivity contribution is 8.14. The van der Waals surface area contributed by atoms with E-state index in [2.05, 4.69) is 10.0 Å². The van der Waals surface area contributed by atoms with Crippen molar-refractivity contribution in [2.45, 2.75) is 47.9 Å². The molecule has 3 aromatic carbocycles. The van der Waals surface area contributed by atoms with Crippen LogP contribution in [-0.2, 0) is 36.1 Å². The number of ether oxygens (including phenoxy) is 1. The molecule has 2 aliphatic rings. The molecule has 1 saturated heterocycles. The maximum Gasteiger partial charge on any atom is 0.326 e. The van der Waals surface area contributed by atoms with Crippen molar-refractivity contribution < 1.29 is 41.1 Å². The number of sulfonamides is 2. The Hall–Kier alpha value is -3.67. The van der Waals surface area contributed by atoms with Crippen LogP contribution >= 0.6 is 23.4 Å². The van der Waals surface area contributed by atoms with Gasteiger partial charge in [-0.25, -0.2) is 26.8 Å². The number of carboxylic acids is 1. The average molecular weight is 723 g/mol. The Morgan fingerprint density at radius 3 is 2.45 bits per heavy atom. The van der Waals surface area contributed by atoms with Crippen LogP contribution in [0.5, 0.6) is 5.75 Å². The maximum atomic E-state index is 13.2. The van der Waals surface area contributed by atoms with E-state index in [1.54, 1.807) is 61.5 Å². The van der Waals surface area contributed by atoms with Crippen LogP contribution in [0, 0.1) is 5.92 Å². The van der Waals surface area contributed by atoms with Crippen LogP contribution in [0.2, 0.25) is 5.02 Å². The molecule has 0 spiro atoms. The molecule has 5 rings (SSSR count). The number of hydrogen-bond acceptors (Lipinski definition) is 10. The number of fused-ring (bicyclic) bond motifs is 1. The summed E-state index contributed by atoms with van der Waals surface area (Å²) in [7, 11) is -8.35. The molecule has 0 aromatic heterocycles. The van der Waals surface area contributed by atoms with Gasteiger partial charge in [-0.3, -0.25) is 9.59 Å². The zero-order chi connectivity index (χ0) is 34.1. The molecule has 1 fully saturated rings. The Morgan fingerprint density at radius 2 is 1.81 bits per heavy atom. The van der Waals surface area contributed by atoms with Crippen LogP contribution in [0.1, 0.15) is 29.3 Å². The molecule has 1 unspecified atom stereocenters. The second-order valence-electron chi connectivity index (χ2n) is 11.2. The second-order valence-corrected chi connectivity index (χ2v) is 15.8. The minimum Gasteiger partial charge on any atom is -0.488 e. The summed E-state index contributed by atoms with van der Waals surface area (Å²) in [6.07, 6.45) is -1.10. The topological polar surface area (TPSA) is 202 Å². The van der Waals surface area contributed by atoms with Crippen LogP contribution in [0.4, 0.5) is 5.69 Å². The quantitative estimate of drug-likeness (QED) is 0.240. The second kappa shape index (κ2) is 13.8. The number of nitrogens with one attached hydrogen (secondary N) is 2. The fourth-order valence-electron chi connectivity index (χ4n) is 5.35. The molecule has 2 aliphatic heterocycles. The number of carboxylic acid groups (broad SMARTS) is 1. The minimum absolute atomic E-state index is 0.0576. The number of nitrogens with two attached hydrogens (primary N) is 1. The van der Waals surface area contributed by atoms with E-state index in [1.165, 1.54) is 11.0 Å². The van der Waals surface area contributed by atoms with E-state index in [1.807, 2.05) is 0 Å². The Bertz CT molecular complexity index is 1910. The summed E-state index contributed by atoms with van der Waals surface area (Å²) in [5.74, 6) is -1.50. The van der Waals surface area contributed by atoms with Crippen LogP contribution in [0.15, 0.2) is 76.5 Å². The zero-order valence-corrected chi connectivity index (χ0v) is 28.0. The summed E-state index contributed by atoms with van der Waals surface area (Å²) in [6.45, 7) is 1.72.